The monoisotopic (exact) mass is 320 g/mol. The summed E-state index contributed by atoms with van der Waals surface area (Å²) in [5, 5.41) is 24.0. The maximum absolute atomic E-state index is 8.53. The molecule has 20 heavy (non-hydrogen) atoms. The third-order valence-corrected chi connectivity index (χ3v) is 0.667. The molecule has 1 rings (SSSR count). The van der Waals surface area contributed by atoms with Crippen molar-refractivity contribution in [1.82, 2.24) is 0 Å². The minimum Gasteiger partial charge on any atom is -0.871 e. The van der Waals surface area contributed by atoms with Crippen molar-refractivity contribution in [3.05, 3.63) is 36.4 Å². The molecule has 0 aliphatic rings. The van der Waals surface area contributed by atoms with Gasteiger partial charge in [0.2, 0.25) is 0 Å². The standard InChI is InChI=1S/C6H6.2C4H12P.BHO3/c1-2-4-6-5-3-1;2*1-5(2,3)4;2-1(3)4/h1-6H;2*1-4H3;2H/q;2*+1;-2. The normalized spacial score (nSPS) is 9.75. The molecule has 3 nitrogen and oxygen atoms in total. The second-order valence-electron chi connectivity index (χ2n) is 6.83. The van der Waals surface area contributed by atoms with Crippen molar-refractivity contribution in [2.75, 3.05) is 53.3 Å². The van der Waals surface area contributed by atoms with Gasteiger partial charge in [-0.3, -0.25) is 0 Å². The fraction of sp³-hybridized carbons (Fsp3) is 0.571. The van der Waals surface area contributed by atoms with Crippen LogP contribution in [0.5, 0.6) is 0 Å². The molecule has 0 aromatic heterocycles. The summed E-state index contributed by atoms with van der Waals surface area (Å²) in [5.41, 5.74) is 0. The third kappa shape index (κ3) is 144. The molecular weight excluding hydrogens is 289 g/mol. The van der Waals surface area contributed by atoms with Crippen LogP contribution in [0, 0.1) is 0 Å². The van der Waals surface area contributed by atoms with E-state index in [0.717, 1.165) is 0 Å². The van der Waals surface area contributed by atoms with Gasteiger partial charge in [-0.2, -0.15) is 0 Å². The van der Waals surface area contributed by atoms with E-state index in [9.17, 15) is 0 Å². The molecule has 0 radical (unpaired) electrons. The van der Waals surface area contributed by atoms with Crippen LogP contribution in [-0.4, -0.2) is 65.7 Å². The van der Waals surface area contributed by atoms with E-state index in [1.807, 2.05) is 36.4 Å². The molecule has 0 saturated heterocycles. The van der Waals surface area contributed by atoms with Gasteiger partial charge in [0, 0.05) is 67.8 Å². The van der Waals surface area contributed by atoms with Crippen LogP contribution >= 0.6 is 14.5 Å². The smallest absolute Gasteiger partial charge is 0.0554 e. The van der Waals surface area contributed by atoms with Gasteiger partial charge < -0.3 is 15.1 Å². The molecule has 1 aromatic carbocycles. The molecule has 0 amide bonds. The van der Waals surface area contributed by atoms with Gasteiger partial charge >= 0.3 is 0 Å². The summed E-state index contributed by atoms with van der Waals surface area (Å²) in [5.74, 6) is 0. The van der Waals surface area contributed by atoms with Gasteiger partial charge in [0.25, 0.3) is 0 Å². The Morgan fingerprint density at radius 1 is 0.600 bits per heavy atom. The summed E-state index contributed by atoms with van der Waals surface area (Å²) in [6.45, 7) is 18.4. The highest BCUT2D eigenvalue weighted by atomic mass is 31.2. The number of benzene rings is 1. The van der Waals surface area contributed by atoms with Crippen molar-refractivity contribution in [3.63, 3.8) is 0 Å². The minimum atomic E-state index is -2.67. The maximum Gasteiger partial charge on any atom is 0.0554 e. The van der Waals surface area contributed by atoms with Gasteiger partial charge in [0.05, 0.1) is 7.32 Å². The van der Waals surface area contributed by atoms with E-state index in [-0.39, 0.29) is 14.5 Å². The largest absolute Gasteiger partial charge is 0.871 e. The zero-order valence-electron chi connectivity index (χ0n) is 14.2. The van der Waals surface area contributed by atoms with Crippen molar-refractivity contribution in [3.8, 4) is 0 Å². The molecule has 0 atom stereocenters. The van der Waals surface area contributed by atoms with E-state index in [4.69, 9.17) is 15.1 Å². The Kier molecular flexibility index (Phi) is 17.5. The first-order valence-electron chi connectivity index (χ1n) is 6.31. The van der Waals surface area contributed by atoms with E-state index in [2.05, 4.69) is 53.3 Å². The summed E-state index contributed by atoms with van der Waals surface area (Å²) in [4.78, 5) is 0. The highest BCUT2D eigenvalue weighted by molar-refractivity contribution is 7.73. The zero-order chi connectivity index (χ0) is 16.8. The van der Waals surface area contributed by atoms with Crippen LogP contribution in [0.25, 0.3) is 0 Å². The first-order valence-corrected chi connectivity index (χ1v) is 13.5. The van der Waals surface area contributed by atoms with Crippen molar-refractivity contribution in [2.24, 2.45) is 0 Å². The average molecular weight is 320 g/mol. The van der Waals surface area contributed by atoms with E-state index in [0.29, 0.717) is 0 Å². The van der Waals surface area contributed by atoms with Crippen LogP contribution in [0.1, 0.15) is 0 Å². The molecule has 0 fully saturated rings. The van der Waals surface area contributed by atoms with Crippen LogP contribution in [0.4, 0.5) is 0 Å². The predicted molar refractivity (Wildman–Crippen MR) is 95.6 cm³/mol. The highest BCUT2D eigenvalue weighted by Gasteiger charge is 2.03. The molecule has 0 saturated carbocycles. The third-order valence-electron chi connectivity index (χ3n) is 0.667. The Hall–Kier alpha value is 0.0249. The summed E-state index contributed by atoms with van der Waals surface area (Å²) in [6, 6.07) is 12.0. The molecule has 0 unspecified atom stereocenters. The van der Waals surface area contributed by atoms with Crippen LogP contribution < -0.4 is 10.0 Å². The molecule has 118 valence electrons. The fourth-order valence-corrected chi connectivity index (χ4v) is 0.385. The Morgan fingerprint density at radius 3 is 0.700 bits per heavy atom. The van der Waals surface area contributed by atoms with E-state index in [1.165, 1.54) is 0 Å². The molecule has 0 spiro atoms. The van der Waals surface area contributed by atoms with E-state index >= 15 is 0 Å². The fourth-order valence-electron chi connectivity index (χ4n) is 0.385. The Bertz CT molecular complexity index is 229. The van der Waals surface area contributed by atoms with Gasteiger partial charge in [-0.25, -0.2) is 0 Å². The average Bonchev–Trinajstić information content (AvgIpc) is 2.14. The van der Waals surface area contributed by atoms with E-state index < -0.39 is 7.32 Å². The molecular formula is C14H31BO3P2. The molecule has 1 aromatic rings. The lowest BCUT2D eigenvalue weighted by Gasteiger charge is -2.13. The van der Waals surface area contributed by atoms with Crippen molar-refractivity contribution < 1.29 is 15.1 Å². The quantitative estimate of drug-likeness (QED) is 0.581. The number of hydrogen-bond acceptors (Lipinski definition) is 3. The first kappa shape index (κ1) is 25.0. The van der Waals surface area contributed by atoms with Gasteiger partial charge in [-0.05, 0) is 0 Å². The van der Waals surface area contributed by atoms with Crippen molar-refractivity contribution in [1.29, 1.82) is 0 Å². The van der Waals surface area contributed by atoms with E-state index in [1.54, 1.807) is 0 Å². The molecule has 6 heteroatoms. The Balaban J connectivity index is -0.000000195. The topological polar surface area (TPSA) is 66.3 Å². The summed E-state index contributed by atoms with van der Waals surface area (Å²) >= 11 is 0. The Labute approximate surface area is 127 Å². The highest BCUT2D eigenvalue weighted by Crippen LogP contribution is 2.40. The van der Waals surface area contributed by atoms with Gasteiger partial charge in [-0.15, -0.1) is 0 Å². The van der Waals surface area contributed by atoms with Crippen LogP contribution in [0.3, 0.4) is 0 Å². The molecule has 0 aliphatic heterocycles. The predicted octanol–water partition coefficient (Wildman–Crippen LogP) is 1.42. The number of rotatable bonds is 0. The number of hydrogen-bond donors (Lipinski definition) is 1. The summed E-state index contributed by atoms with van der Waals surface area (Å²) in [7, 11) is -3.44. The molecule has 0 heterocycles. The maximum atomic E-state index is 8.53. The van der Waals surface area contributed by atoms with Crippen molar-refractivity contribution in [2.45, 2.75) is 0 Å². The molecule has 1 N–H and O–H groups in total. The van der Waals surface area contributed by atoms with Crippen LogP contribution in [-0.2, 0) is 0 Å². The van der Waals surface area contributed by atoms with Crippen LogP contribution in [0.15, 0.2) is 36.4 Å². The lowest BCUT2D eigenvalue weighted by atomic mass is 10.3. The minimum absolute atomic E-state index is 0.389. The first-order chi connectivity index (χ1) is 8.73. The molecule has 0 aliphatic carbocycles. The Morgan fingerprint density at radius 2 is 0.650 bits per heavy atom. The lowest BCUT2D eigenvalue weighted by molar-refractivity contribution is -0.376. The second-order valence-corrected chi connectivity index (χ2v) is 17.6. The lowest BCUT2D eigenvalue weighted by Crippen LogP contribution is -2.44. The summed E-state index contributed by atoms with van der Waals surface area (Å²) < 4.78 is 0. The summed E-state index contributed by atoms with van der Waals surface area (Å²) in [6.07, 6.45) is 0. The van der Waals surface area contributed by atoms with Crippen LogP contribution in [0.2, 0.25) is 0 Å². The zero-order valence-corrected chi connectivity index (χ0v) is 16.0. The van der Waals surface area contributed by atoms with Gasteiger partial charge in [0.15, 0.2) is 0 Å². The van der Waals surface area contributed by atoms with Gasteiger partial charge in [-0.1, -0.05) is 36.4 Å². The second kappa shape index (κ2) is 14.0. The SMILES string of the molecule is C[P+](C)(C)C.C[P+](C)(C)C.[O-]B([O-])O.c1ccccc1. The van der Waals surface area contributed by atoms with Gasteiger partial charge in [0.1, 0.15) is 0 Å². The molecule has 0 bridgehead atoms. The van der Waals surface area contributed by atoms with Crippen molar-refractivity contribution >= 4 is 21.8 Å².